The predicted octanol–water partition coefficient (Wildman–Crippen LogP) is 7.71. The van der Waals surface area contributed by atoms with Gasteiger partial charge in [-0.25, -0.2) is 4.79 Å². The highest BCUT2D eigenvalue weighted by atomic mass is 16.6. The summed E-state index contributed by atoms with van der Waals surface area (Å²) in [6.07, 6.45) is 20.0. The van der Waals surface area contributed by atoms with Crippen molar-refractivity contribution in [3.05, 3.63) is 42.0 Å². The number of terminal acetylenes is 1. The number of unbranched alkanes of at least 4 members (excludes halogenated alkanes) is 2. The van der Waals surface area contributed by atoms with Crippen molar-refractivity contribution in [2.45, 2.75) is 110 Å². The number of allylic oxidation sites excluding steroid dienone is 1. The monoisotopic (exact) mass is 530 g/mol. The molecule has 5 unspecified atom stereocenters. The van der Waals surface area contributed by atoms with Gasteiger partial charge in [-0.05, 0) is 99.7 Å². The van der Waals surface area contributed by atoms with Gasteiger partial charge in [0.1, 0.15) is 5.75 Å². The molecule has 0 bridgehead atoms. The summed E-state index contributed by atoms with van der Waals surface area (Å²) in [5.74, 6) is 6.37. The molecule has 5 rings (SSSR count). The smallest absolute Gasteiger partial charge is 0.348 e. The molecule has 4 nitrogen and oxygen atoms in total. The van der Waals surface area contributed by atoms with Gasteiger partial charge in [-0.1, -0.05) is 62.8 Å². The summed E-state index contributed by atoms with van der Waals surface area (Å²) in [5.41, 5.74) is 0.282. The topological polar surface area (TPSA) is 52.6 Å². The summed E-state index contributed by atoms with van der Waals surface area (Å²) < 4.78 is 12.5. The third-order valence-corrected chi connectivity index (χ3v) is 10.9. The molecule has 39 heavy (non-hydrogen) atoms. The highest BCUT2D eigenvalue weighted by Crippen LogP contribution is 2.69. The number of hydrogen-bond donors (Lipinski definition) is 0. The number of hydrogen-bond acceptors (Lipinski definition) is 4. The van der Waals surface area contributed by atoms with E-state index in [1.165, 1.54) is 24.8 Å². The van der Waals surface area contributed by atoms with Gasteiger partial charge in [0.2, 0.25) is 0 Å². The number of ketones is 1. The second-order valence-corrected chi connectivity index (χ2v) is 12.7. The van der Waals surface area contributed by atoms with Gasteiger partial charge in [0.25, 0.3) is 0 Å². The van der Waals surface area contributed by atoms with Crippen LogP contribution in [0.15, 0.2) is 42.0 Å². The average molecular weight is 531 g/mol. The fourth-order valence-corrected chi connectivity index (χ4v) is 9.31. The second-order valence-electron chi connectivity index (χ2n) is 12.7. The summed E-state index contributed by atoms with van der Waals surface area (Å²) in [6.45, 7) is 6.28. The van der Waals surface area contributed by atoms with Crippen molar-refractivity contribution in [1.82, 2.24) is 0 Å². The lowest BCUT2D eigenvalue weighted by molar-refractivity contribution is -0.180. The van der Waals surface area contributed by atoms with Gasteiger partial charge in [0.15, 0.2) is 17.5 Å². The molecule has 0 aliphatic heterocycles. The summed E-state index contributed by atoms with van der Waals surface area (Å²) in [6, 6.07) is 9.44. The van der Waals surface area contributed by atoms with E-state index in [9.17, 15) is 9.59 Å². The lowest BCUT2D eigenvalue weighted by atomic mass is 9.48. The van der Waals surface area contributed by atoms with E-state index in [0.29, 0.717) is 47.5 Å². The number of rotatable bonds is 9. The number of benzene rings is 1. The van der Waals surface area contributed by atoms with Crippen LogP contribution < -0.4 is 4.74 Å². The largest absolute Gasteiger partial charge is 0.479 e. The molecule has 0 spiro atoms. The fraction of sp³-hybridized carbons (Fsp3) is 0.657. The Bertz CT molecular complexity index is 1120. The van der Waals surface area contributed by atoms with E-state index in [-0.39, 0.29) is 11.4 Å². The Balaban J connectivity index is 1.45. The highest BCUT2D eigenvalue weighted by Gasteiger charge is 2.68. The van der Waals surface area contributed by atoms with Gasteiger partial charge in [-0.3, -0.25) is 4.79 Å². The highest BCUT2D eigenvalue weighted by molar-refractivity contribution is 5.91. The third kappa shape index (κ3) is 4.96. The Morgan fingerprint density at radius 3 is 2.62 bits per heavy atom. The van der Waals surface area contributed by atoms with Crippen LogP contribution >= 0.6 is 0 Å². The molecular formula is C35H46O4. The van der Waals surface area contributed by atoms with Gasteiger partial charge in [-0.15, -0.1) is 6.42 Å². The number of para-hydroxylation sites is 1. The molecule has 210 valence electrons. The van der Waals surface area contributed by atoms with Gasteiger partial charge in [0.05, 0.1) is 0 Å². The average Bonchev–Trinajstić information content (AvgIpc) is 3.23. The summed E-state index contributed by atoms with van der Waals surface area (Å²) >= 11 is 0. The molecule has 4 aliphatic carbocycles. The van der Waals surface area contributed by atoms with Crippen molar-refractivity contribution in [3.8, 4) is 18.1 Å². The van der Waals surface area contributed by atoms with E-state index >= 15 is 0 Å². The van der Waals surface area contributed by atoms with Crippen molar-refractivity contribution >= 4 is 11.8 Å². The zero-order valence-electron chi connectivity index (χ0n) is 24.1. The minimum absolute atomic E-state index is 0.215. The Labute approximate surface area is 235 Å². The van der Waals surface area contributed by atoms with Crippen molar-refractivity contribution in [2.24, 2.45) is 35.0 Å². The number of esters is 1. The standard InChI is InChI=1S/C35H46O4/c1-5-8-10-13-26-23-35(7-3,39-33(37)24(4)38-28-14-11-9-12-15-28)34(6-2)21-20-30-29-19-17-27(36)22-25(29)16-18-31(30)32(26)34/h3,9,11-12,14-15,22,24,26,29-32H,5-6,8,10,13,16-21,23H2,1-2,4H3/t24-,26?,29?,30?,31?,32?,34-,35-/m0/s1. The first-order valence-corrected chi connectivity index (χ1v) is 15.5. The van der Waals surface area contributed by atoms with E-state index in [0.717, 1.165) is 51.4 Å². The zero-order chi connectivity index (χ0) is 27.6. The van der Waals surface area contributed by atoms with Crippen molar-refractivity contribution in [2.75, 3.05) is 0 Å². The fourth-order valence-electron chi connectivity index (χ4n) is 9.31. The second kappa shape index (κ2) is 11.5. The van der Waals surface area contributed by atoms with Crippen molar-refractivity contribution in [3.63, 3.8) is 0 Å². The van der Waals surface area contributed by atoms with Crippen LogP contribution in [0.25, 0.3) is 0 Å². The van der Waals surface area contributed by atoms with Crippen LogP contribution in [0, 0.1) is 47.3 Å². The molecular weight excluding hydrogens is 484 g/mol. The van der Waals surface area contributed by atoms with Gasteiger partial charge < -0.3 is 9.47 Å². The Morgan fingerprint density at radius 2 is 1.90 bits per heavy atom. The molecule has 0 aromatic heterocycles. The van der Waals surface area contributed by atoms with Gasteiger partial charge in [0, 0.05) is 18.3 Å². The van der Waals surface area contributed by atoms with Gasteiger partial charge >= 0.3 is 5.97 Å². The molecule has 4 heteroatoms. The van der Waals surface area contributed by atoms with E-state index in [1.807, 2.05) is 36.4 Å². The van der Waals surface area contributed by atoms with Crippen LogP contribution in [0.3, 0.4) is 0 Å². The molecule has 4 aliphatic rings. The maximum absolute atomic E-state index is 13.6. The molecule has 0 N–H and O–H groups in total. The SMILES string of the molecule is C#C[C@]1(OC(=O)[C@H](C)Oc2ccccc2)CC(CCCCC)C2C3CCC4=CC(=O)CCC4C3CC[C@@]21CC. The first-order chi connectivity index (χ1) is 18.9. The molecule has 3 fully saturated rings. The predicted molar refractivity (Wildman–Crippen MR) is 154 cm³/mol. The molecule has 0 amide bonds. The summed E-state index contributed by atoms with van der Waals surface area (Å²) in [5, 5.41) is 0. The van der Waals surface area contributed by atoms with Crippen LogP contribution in [-0.4, -0.2) is 23.5 Å². The minimum Gasteiger partial charge on any atom is -0.479 e. The maximum Gasteiger partial charge on any atom is 0.348 e. The Morgan fingerprint density at radius 1 is 1.10 bits per heavy atom. The van der Waals surface area contributed by atoms with Crippen LogP contribution in [0.2, 0.25) is 0 Å². The minimum atomic E-state index is -0.904. The molecule has 3 saturated carbocycles. The quantitative estimate of drug-likeness (QED) is 0.186. The lowest BCUT2D eigenvalue weighted by Crippen LogP contribution is -2.56. The summed E-state index contributed by atoms with van der Waals surface area (Å²) in [4.78, 5) is 25.8. The zero-order valence-corrected chi connectivity index (χ0v) is 24.1. The van der Waals surface area contributed by atoms with E-state index in [2.05, 4.69) is 19.8 Å². The first-order valence-electron chi connectivity index (χ1n) is 15.5. The van der Waals surface area contributed by atoms with Crippen LogP contribution in [-0.2, 0) is 14.3 Å². The number of fused-ring (bicyclic) bond motifs is 5. The van der Waals surface area contributed by atoms with Gasteiger partial charge in [-0.2, -0.15) is 0 Å². The first kappa shape index (κ1) is 28.0. The normalized spacial score (nSPS) is 36.0. The van der Waals surface area contributed by atoms with E-state index < -0.39 is 11.7 Å². The Hall–Kier alpha value is -2.54. The molecule has 0 radical (unpaired) electrons. The van der Waals surface area contributed by atoms with Crippen LogP contribution in [0.5, 0.6) is 5.75 Å². The number of carbonyl (C=O) groups is 2. The molecule has 1 aromatic carbocycles. The molecule has 0 saturated heterocycles. The number of carbonyl (C=O) groups excluding carboxylic acids is 2. The molecule has 0 heterocycles. The number of ether oxygens (including phenoxy) is 2. The molecule has 8 atom stereocenters. The molecule has 1 aromatic rings. The van der Waals surface area contributed by atoms with Crippen molar-refractivity contribution < 1.29 is 19.1 Å². The van der Waals surface area contributed by atoms with Crippen LogP contribution in [0.4, 0.5) is 0 Å². The third-order valence-electron chi connectivity index (χ3n) is 10.9. The van der Waals surface area contributed by atoms with E-state index in [1.54, 1.807) is 6.92 Å². The Kier molecular flexibility index (Phi) is 8.27. The maximum atomic E-state index is 13.6. The van der Waals surface area contributed by atoms with Crippen molar-refractivity contribution in [1.29, 1.82) is 0 Å². The van der Waals surface area contributed by atoms with E-state index in [4.69, 9.17) is 15.9 Å². The lowest BCUT2D eigenvalue weighted by Gasteiger charge is -2.57. The van der Waals surface area contributed by atoms with Crippen LogP contribution in [0.1, 0.15) is 97.8 Å². The summed E-state index contributed by atoms with van der Waals surface area (Å²) in [7, 11) is 0.